The van der Waals surface area contributed by atoms with Crippen molar-refractivity contribution in [1.29, 1.82) is 0 Å². The lowest BCUT2D eigenvalue weighted by atomic mass is 9.61. The lowest BCUT2D eigenvalue weighted by Crippen LogP contribution is -2.52. The molecule has 0 aromatic heterocycles. The topological polar surface area (TPSA) is 26.3 Å². The molecule has 15 heavy (non-hydrogen) atoms. The van der Waals surface area contributed by atoms with Crippen LogP contribution in [0.15, 0.2) is 0 Å². The fourth-order valence-corrected chi connectivity index (χ4v) is 2.57. The second-order valence-electron chi connectivity index (χ2n) is 6.09. The van der Waals surface area contributed by atoms with Gasteiger partial charge < -0.3 is 9.22 Å². The number of rotatable bonds is 4. The third kappa shape index (κ3) is 2.70. The monoisotopic (exact) mass is 226 g/mol. The highest BCUT2D eigenvalue weighted by molar-refractivity contribution is 6.31. The summed E-state index contributed by atoms with van der Waals surface area (Å²) in [6.45, 7) is 10.6. The fourth-order valence-electron chi connectivity index (χ4n) is 1.80. The minimum atomic E-state index is -0.307. The van der Waals surface area contributed by atoms with E-state index in [4.69, 9.17) is 4.43 Å². The van der Waals surface area contributed by atoms with Gasteiger partial charge in [-0.3, -0.25) is 0 Å². The summed E-state index contributed by atoms with van der Waals surface area (Å²) >= 11 is 0. The second kappa shape index (κ2) is 4.02. The van der Waals surface area contributed by atoms with Crippen LogP contribution in [0.2, 0.25) is 5.04 Å². The molecule has 1 aliphatic rings. The van der Waals surface area contributed by atoms with E-state index in [1.165, 1.54) is 0 Å². The van der Waals surface area contributed by atoms with Gasteiger partial charge >= 0.3 is 0 Å². The summed E-state index contributed by atoms with van der Waals surface area (Å²) < 4.78 is 5.99. The zero-order chi connectivity index (χ0) is 11.7. The predicted octanol–water partition coefficient (Wildman–Crippen LogP) is 2.99. The third-order valence-electron chi connectivity index (χ3n) is 3.28. The molecule has 0 aliphatic heterocycles. The van der Waals surface area contributed by atoms with Gasteiger partial charge in [0.25, 0.3) is 0 Å². The highest BCUT2D eigenvalue weighted by Gasteiger charge is 2.50. The van der Waals surface area contributed by atoms with E-state index in [9.17, 15) is 4.79 Å². The van der Waals surface area contributed by atoms with Crippen molar-refractivity contribution in [3.63, 3.8) is 0 Å². The van der Waals surface area contributed by atoms with Gasteiger partial charge in [-0.25, -0.2) is 0 Å². The maximum atomic E-state index is 11.2. The van der Waals surface area contributed by atoms with Crippen LogP contribution in [0.5, 0.6) is 0 Å². The van der Waals surface area contributed by atoms with Crippen LogP contribution in [-0.4, -0.2) is 21.7 Å². The summed E-state index contributed by atoms with van der Waals surface area (Å²) in [5, 5.41) is 0.186. The van der Waals surface area contributed by atoms with Gasteiger partial charge in [-0.15, -0.1) is 0 Å². The van der Waals surface area contributed by atoms with E-state index in [0.29, 0.717) is 9.76 Å². The second-order valence-corrected chi connectivity index (χ2v) is 8.00. The van der Waals surface area contributed by atoms with Crippen LogP contribution in [0, 0.1) is 5.41 Å². The summed E-state index contributed by atoms with van der Waals surface area (Å²) in [5.74, 6) is 0. The first kappa shape index (κ1) is 12.9. The van der Waals surface area contributed by atoms with E-state index in [-0.39, 0.29) is 16.1 Å². The number of carbonyl (C=O) groups is 1. The summed E-state index contributed by atoms with van der Waals surface area (Å²) in [5.41, 5.74) is -0.524. The highest BCUT2D eigenvalue weighted by atomic mass is 28.2. The van der Waals surface area contributed by atoms with Crippen LogP contribution in [0.3, 0.4) is 0 Å². The van der Waals surface area contributed by atoms with Crippen LogP contribution >= 0.6 is 0 Å². The first-order chi connectivity index (χ1) is 6.72. The largest absolute Gasteiger partial charge is 0.411 e. The Kier molecular flexibility index (Phi) is 3.46. The average molecular weight is 226 g/mol. The van der Waals surface area contributed by atoms with Crippen molar-refractivity contribution in [2.45, 2.75) is 64.5 Å². The van der Waals surface area contributed by atoms with Gasteiger partial charge in [-0.1, -0.05) is 27.2 Å². The highest BCUT2D eigenvalue weighted by Crippen LogP contribution is 2.49. The number of carbonyl (C=O) groups excluding carboxylic acids is 1. The number of hydrogen-bond donors (Lipinski definition) is 0. The molecule has 0 spiro atoms. The van der Waals surface area contributed by atoms with E-state index < -0.39 is 0 Å². The molecule has 1 fully saturated rings. The van der Waals surface area contributed by atoms with Crippen molar-refractivity contribution in [3.8, 4) is 0 Å². The first-order valence-corrected chi connectivity index (χ1v) is 6.55. The van der Waals surface area contributed by atoms with Gasteiger partial charge in [0.2, 0.25) is 9.76 Å². The molecule has 2 nitrogen and oxygen atoms in total. The Hall–Kier alpha value is -0.153. The Morgan fingerprint density at radius 2 is 1.73 bits per heavy atom. The zero-order valence-electron chi connectivity index (χ0n) is 10.5. The standard InChI is InChI=1S/C12H22O2Si/c1-10(2,3)15-14-11(4,5)12(9-13)7-6-8-12/h9H,6-8H2,1-5H3. The summed E-state index contributed by atoms with van der Waals surface area (Å²) in [6.07, 6.45) is 4.24. The number of aldehydes is 1. The molecule has 0 bridgehead atoms. The fraction of sp³-hybridized carbons (Fsp3) is 0.917. The minimum Gasteiger partial charge on any atom is -0.411 e. The molecule has 0 atom stereocenters. The SMILES string of the molecule is CC(C)(C)[Si]OC(C)(C)C1(C=O)CCC1. The molecule has 0 saturated heterocycles. The van der Waals surface area contributed by atoms with Crippen LogP contribution in [0.4, 0.5) is 0 Å². The Bertz CT molecular complexity index is 236. The molecule has 0 aromatic carbocycles. The Balaban J connectivity index is 2.62. The van der Waals surface area contributed by atoms with Crippen molar-refractivity contribution in [1.82, 2.24) is 0 Å². The van der Waals surface area contributed by atoms with Crippen molar-refractivity contribution in [2.75, 3.05) is 0 Å². The van der Waals surface area contributed by atoms with Gasteiger partial charge in [-0.2, -0.15) is 0 Å². The smallest absolute Gasteiger partial charge is 0.236 e. The molecule has 1 saturated carbocycles. The molecule has 0 N–H and O–H groups in total. The molecule has 0 amide bonds. The molecular weight excluding hydrogens is 204 g/mol. The molecule has 1 aliphatic carbocycles. The number of hydrogen-bond acceptors (Lipinski definition) is 2. The van der Waals surface area contributed by atoms with Crippen LogP contribution in [-0.2, 0) is 9.22 Å². The maximum Gasteiger partial charge on any atom is 0.236 e. The summed E-state index contributed by atoms with van der Waals surface area (Å²) in [7, 11) is 0.448. The molecule has 86 valence electrons. The van der Waals surface area contributed by atoms with Gasteiger partial charge in [-0.05, 0) is 31.7 Å². The Morgan fingerprint density at radius 3 is 2.00 bits per heavy atom. The lowest BCUT2D eigenvalue weighted by molar-refractivity contribution is -0.139. The van der Waals surface area contributed by atoms with Gasteiger partial charge in [0.15, 0.2) is 0 Å². The molecule has 0 unspecified atom stereocenters. The molecule has 1 rings (SSSR count). The van der Waals surface area contributed by atoms with E-state index in [1.807, 2.05) is 0 Å². The van der Waals surface area contributed by atoms with E-state index in [2.05, 4.69) is 34.6 Å². The van der Waals surface area contributed by atoms with Gasteiger partial charge in [0.05, 0.1) is 11.0 Å². The summed E-state index contributed by atoms with van der Waals surface area (Å²) in [6, 6.07) is 0. The minimum absolute atomic E-state index is 0.186. The molecule has 3 heteroatoms. The van der Waals surface area contributed by atoms with Crippen LogP contribution < -0.4 is 0 Å². The average Bonchev–Trinajstić information content (AvgIpc) is 1.98. The van der Waals surface area contributed by atoms with Gasteiger partial charge in [0, 0.05) is 0 Å². The normalized spacial score (nSPS) is 20.9. The van der Waals surface area contributed by atoms with Crippen LogP contribution in [0.25, 0.3) is 0 Å². The zero-order valence-corrected chi connectivity index (χ0v) is 11.5. The van der Waals surface area contributed by atoms with Crippen molar-refractivity contribution in [2.24, 2.45) is 5.41 Å². The van der Waals surface area contributed by atoms with E-state index in [0.717, 1.165) is 25.5 Å². The maximum absolute atomic E-state index is 11.2. The summed E-state index contributed by atoms with van der Waals surface area (Å²) in [4.78, 5) is 11.2. The van der Waals surface area contributed by atoms with E-state index >= 15 is 0 Å². The van der Waals surface area contributed by atoms with Crippen molar-refractivity contribution < 1.29 is 9.22 Å². The quantitative estimate of drug-likeness (QED) is 0.544. The van der Waals surface area contributed by atoms with Crippen molar-refractivity contribution in [3.05, 3.63) is 0 Å². The first-order valence-electron chi connectivity index (χ1n) is 5.64. The lowest BCUT2D eigenvalue weighted by Gasteiger charge is -2.49. The molecular formula is C12H22O2Si. The van der Waals surface area contributed by atoms with Crippen LogP contribution in [0.1, 0.15) is 53.9 Å². The third-order valence-corrected chi connectivity index (χ3v) is 4.51. The molecule has 0 heterocycles. The molecule has 2 radical (unpaired) electrons. The van der Waals surface area contributed by atoms with Crippen molar-refractivity contribution >= 4 is 16.0 Å². The Morgan fingerprint density at radius 1 is 1.20 bits per heavy atom. The van der Waals surface area contributed by atoms with E-state index in [1.54, 1.807) is 0 Å². The predicted molar refractivity (Wildman–Crippen MR) is 63.0 cm³/mol. The Labute approximate surface area is 95.7 Å². The van der Waals surface area contributed by atoms with Gasteiger partial charge in [0.1, 0.15) is 6.29 Å². The molecule has 0 aromatic rings.